The van der Waals surface area contributed by atoms with Gasteiger partial charge < -0.3 is 9.47 Å². The highest BCUT2D eigenvalue weighted by Gasteiger charge is 2.39. The van der Waals surface area contributed by atoms with E-state index >= 15 is 0 Å². The van der Waals surface area contributed by atoms with Crippen molar-refractivity contribution in [1.82, 2.24) is 4.98 Å². The van der Waals surface area contributed by atoms with Gasteiger partial charge in [-0.25, -0.2) is 0 Å². The van der Waals surface area contributed by atoms with Gasteiger partial charge in [0.05, 0.1) is 16.2 Å². The molecule has 0 saturated carbocycles. The van der Waals surface area contributed by atoms with Crippen molar-refractivity contribution in [2.45, 2.75) is 12.5 Å². The van der Waals surface area contributed by atoms with E-state index in [0.29, 0.717) is 6.07 Å². The zero-order valence-corrected chi connectivity index (χ0v) is 10.6. The molecule has 0 radical (unpaired) electrons. The molecule has 10 heteroatoms. The number of alkyl halides is 6. The van der Waals surface area contributed by atoms with Crippen molar-refractivity contribution >= 4 is 22.6 Å². The third-order valence-corrected chi connectivity index (χ3v) is 2.67. The Morgan fingerprint density at radius 1 is 1.17 bits per heavy atom. The Bertz CT molecular complexity index is 444. The largest absolute Gasteiger partial charge is 0.574 e. The third kappa shape index (κ3) is 3.78. The number of ether oxygens (including phenoxy) is 2. The first-order valence-corrected chi connectivity index (χ1v) is 5.20. The van der Waals surface area contributed by atoms with Crippen molar-refractivity contribution in [1.29, 1.82) is 0 Å². The zero-order valence-electron chi connectivity index (χ0n) is 8.49. The van der Waals surface area contributed by atoms with Crippen LogP contribution in [0.5, 0.6) is 11.8 Å². The molecule has 1 heterocycles. The highest BCUT2D eigenvalue weighted by atomic mass is 127. The van der Waals surface area contributed by atoms with Crippen LogP contribution in [0, 0.1) is 3.57 Å². The third-order valence-electron chi connectivity index (χ3n) is 1.63. The standard InChI is InChI=1S/C8H4F6INO2/c1-17-4-2-3(7(9,10)11)5(15)6(16-4)18-8(12,13)14/h2H,1H3. The number of hydrogen-bond acceptors (Lipinski definition) is 3. The van der Waals surface area contributed by atoms with Crippen molar-refractivity contribution < 1.29 is 35.8 Å². The second-order valence-corrected chi connectivity index (χ2v) is 3.96. The average molecular weight is 387 g/mol. The predicted molar refractivity (Wildman–Crippen MR) is 55.2 cm³/mol. The molecule has 0 unspecified atom stereocenters. The first-order chi connectivity index (χ1) is 8.04. The molecule has 18 heavy (non-hydrogen) atoms. The van der Waals surface area contributed by atoms with Gasteiger partial charge in [0.2, 0.25) is 11.8 Å². The first kappa shape index (κ1) is 15.1. The van der Waals surface area contributed by atoms with E-state index in [2.05, 4.69) is 14.5 Å². The summed E-state index contributed by atoms with van der Waals surface area (Å²) < 4.78 is 80.7. The zero-order chi connectivity index (χ0) is 14.1. The van der Waals surface area contributed by atoms with E-state index in [1.165, 1.54) is 0 Å². The molecular formula is C8H4F6INO2. The fourth-order valence-corrected chi connectivity index (χ4v) is 1.66. The fraction of sp³-hybridized carbons (Fsp3) is 0.375. The second kappa shape index (κ2) is 4.97. The summed E-state index contributed by atoms with van der Waals surface area (Å²) in [5.74, 6) is -1.82. The molecule has 1 aromatic heterocycles. The summed E-state index contributed by atoms with van der Waals surface area (Å²) in [5.41, 5.74) is -1.31. The van der Waals surface area contributed by atoms with E-state index in [4.69, 9.17) is 0 Å². The number of hydrogen-bond donors (Lipinski definition) is 0. The van der Waals surface area contributed by atoms with Gasteiger partial charge in [0, 0.05) is 6.07 Å². The highest BCUT2D eigenvalue weighted by Crippen LogP contribution is 2.39. The van der Waals surface area contributed by atoms with Gasteiger partial charge in [-0.2, -0.15) is 18.2 Å². The van der Waals surface area contributed by atoms with Crippen LogP contribution in [-0.4, -0.2) is 18.5 Å². The molecule has 0 bridgehead atoms. The Kier molecular flexibility index (Phi) is 4.18. The molecule has 0 fully saturated rings. The normalized spacial score (nSPS) is 12.4. The van der Waals surface area contributed by atoms with Gasteiger partial charge in [0.15, 0.2) is 0 Å². The van der Waals surface area contributed by atoms with Gasteiger partial charge in [-0.1, -0.05) is 0 Å². The number of nitrogens with zero attached hydrogens (tertiary/aromatic N) is 1. The van der Waals surface area contributed by atoms with Crippen LogP contribution in [-0.2, 0) is 6.18 Å². The summed E-state index contributed by atoms with van der Waals surface area (Å²) in [7, 11) is 0.979. The summed E-state index contributed by atoms with van der Waals surface area (Å²) in [4.78, 5) is 3.18. The van der Waals surface area contributed by atoms with Crippen molar-refractivity contribution in [3.8, 4) is 11.8 Å². The van der Waals surface area contributed by atoms with E-state index in [-0.39, 0.29) is 0 Å². The number of halogens is 7. The topological polar surface area (TPSA) is 31.4 Å². The van der Waals surface area contributed by atoms with Gasteiger partial charge in [0.25, 0.3) is 0 Å². The Labute approximate surface area is 110 Å². The maximum Gasteiger partial charge on any atom is 0.574 e. The highest BCUT2D eigenvalue weighted by molar-refractivity contribution is 14.1. The van der Waals surface area contributed by atoms with Crippen molar-refractivity contribution in [3.63, 3.8) is 0 Å². The van der Waals surface area contributed by atoms with E-state index in [0.717, 1.165) is 29.7 Å². The van der Waals surface area contributed by atoms with Gasteiger partial charge in [-0.15, -0.1) is 13.2 Å². The smallest absolute Gasteiger partial charge is 0.481 e. The van der Waals surface area contributed by atoms with E-state index < -0.39 is 33.4 Å². The molecule has 1 aromatic rings. The maximum absolute atomic E-state index is 12.6. The lowest BCUT2D eigenvalue weighted by molar-refractivity contribution is -0.276. The van der Waals surface area contributed by atoms with Crippen LogP contribution in [0.15, 0.2) is 6.07 Å². The molecule has 0 amide bonds. The molecule has 3 nitrogen and oxygen atoms in total. The fourth-order valence-electron chi connectivity index (χ4n) is 0.972. The van der Waals surface area contributed by atoms with Crippen LogP contribution in [0.1, 0.15) is 5.56 Å². The molecule has 1 rings (SSSR count). The second-order valence-electron chi connectivity index (χ2n) is 2.88. The lowest BCUT2D eigenvalue weighted by Gasteiger charge is -2.15. The quantitative estimate of drug-likeness (QED) is 0.574. The molecule has 0 aromatic carbocycles. The predicted octanol–water partition coefficient (Wildman–Crippen LogP) is 3.61. The van der Waals surface area contributed by atoms with Crippen LogP contribution in [0.2, 0.25) is 0 Å². The molecule has 0 aliphatic heterocycles. The van der Waals surface area contributed by atoms with Gasteiger partial charge in [-0.05, 0) is 22.6 Å². The summed E-state index contributed by atoms with van der Waals surface area (Å²) in [6.45, 7) is 0. The number of aromatic nitrogens is 1. The monoisotopic (exact) mass is 387 g/mol. The summed E-state index contributed by atoms with van der Waals surface area (Å²) in [6, 6.07) is 0.491. The van der Waals surface area contributed by atoms with Crippen LogP contribution in [0.4, 0.5) is 26.3 Å². The number of methoxy groups -OCH3 is 1. The van der Waals surface area contributed by atoms with Crippen LogP contribution in [0.3, 0.4) is 0 Å². The maximum atomic E-state index is 12.6. The van der Waals surface area contributed by atoms with Crippen molar-refractivity contribution in [3.05, 3.63) is 15.2 Å². The Morgan fingerprint density at radius 2 is 1.72 bits per heavy atom. The van der Waals surface area contributed by atoms with Gasteiger partial charge in [-0.3, -0.25) is 0 Å². The minimum Gasteiger partial charge on any atom is -0.481 e. The van der Waals surface area contributed by atoms with E-state index in [9.17, 15) is 26.3 Å². The summed E-state index contributed by atoms with van der Waals surface area (Å²) in [6.07, 6.45) is -9.97. The van der Waals surface area contributed by atoms with E-state index in [1.807, 2.05) is 0 Å². The molecule has 0 aliphatic rings. The average Bonchev–Trinajstić information content (AvgIpc) is 2.17. The lowest BCUT2D eigenvalue weighted by Crippen LogP contribution is -2.20. The minimum absolute atomic E-state index is 0.491. The van der Waals surface area contributed by atoms with Crippen molar-refractivity contribution in [2.75, 3.05) is 7.11 Å². The SMILES string of the molecule is COc1cc(C(F)(F)F)c(I)c(OC(F)(F)F)n1. The lowest BCUT2D eigenvalue weighted by atomic mass is 10.2. The minimum atomic E-state index is -5.14. The molecule has 0 aliphatic carbocycles. The molecule has 0 saturated heterocycles. The molecular weight excluding hydrogens is 383 g/mol. The van der Waals surface area contributed by atoms with Crippen LogP contribution in [0.25, 0.3) is 0 Å². The van der Waals surface area contributed by atoms with Crippen LogP contribution < -0.4 is 9.47 Å². The van der Waals surface area contributed by atoms with Crippen molar-refractivity contribution in [2.24, 2.45) is 0 Å². The molecule has 0 atom stereocenters. The Balaban J connectivity index is 3.34. The molecule has 102 valence electrons. The summed E-state index contributed by atoms with van der Waals surface area (Å²) >= 11 is 1.08. The molecule has 0 spiro atoms. The first-order valence-electron chi connectivity index (χ1n) is 4.12. The number of rotatable bonds is 2. The Hall–Kier alpha value is -0.940. The Morgan fingerprint density at radius 3 is 2.11 bits per heavy atom. The molecule has 0 N–H and O–H groups in total. The van der Waals surface area contributed by atoms with Crippen LogP contribution >= 0.6 is 22.6 Å². The van der Waals surface area contributed by atoms with E-state index in [1.54, 1.807) is 0 Å². The van der Waals surface area contributed by atoms with Gasteiger partial charge >= 0.3 is 12.5 Å². The number of pyridine rings is 1. The van der Waals surface area contributed by atoms with Gasteiger partial charge in [0.1, 0.15) is 0 Å². The summed E-state index contributed by atoms with van der Waals surface area (Å²) in [5, 5.41) is 0.